The molecule has 0 aliphatic rings. The monoisotopic (exact) mass is 408 g/mol. The first kappa shape index (κ1) is 23.2. The summed E-state index contributed by atoms with van der Waals surface area (Å²) in [6.45, 7) is 7.43. The molecule has 0 heterocycles. The molecule has 4 nitrogen and oxygen atoms in total. The Morgan fingerprint density at radius 2 is 1.70 bits per heavy atom. The Morgan fingerprint density at radius 3 is 2.30 bits per heavy atom. The first-order valence-corrected chi connectivity index (χ1v) is 10.4. The zero-order chi connectivity index (χ0) is 21.9. The number of unbranched alkanes of at least 4 members (excludes halogenated alkanes) is 1. The van der Waals surface area contributed by atoms with Crippen molar-refractivity contribution in [1.29, 1.82) is 0 Å². The summed E-state index contributed by atoms with van der Waals surface area (Å²) < 4.78 is 13.6. The number of benzene rings is 2. The van der Waals surface area contributed by atoms with E-state index in [1.54, 1.807) is 41.3 Å². The molecule has 0 aliphatic heterocycles. The first-order valence-electron chi connectivity index (χ1n) is 10.4. The Bertz CT molecular complexity index is 909. The van der Waals surface area contributed by atoms with Crippen molar-refractivity contribution in [3.8, 4) is 11.8 Å². The molecule has 0 aromatic heterocycles. The Balaban J connectivity index is 2.14. The Labute approximate surface area is 178 Å². The number of carbonyl (C=O) groups excluding carboxylic acids is 2. The molecule has 2 amide bonds. The number of hydrogen-bond acceptors (Lipinski definition) is 2. The van der Waals surface area contributed by atoms with Crippen molar-refractivity contribution >= 4 is 17.5 Å². The molecule has 158 valence electrons. The van der Waals surface area contributed by atoms with Gasteiger partial charge in [-0.2, -0.15) is 0 Å². The number of rotatable bonds is 8. The minimum absolute atomic E-state index is 0.00157. The summed E-state index contributed by atoms with van der Waals surface area (Å²) in [6, 6.07) is 13.1. The standard InChI is InChI=1S/C25H29FN2O2/c1-4-7-13-24(29)28(23-12-8-11-22(26)19-23)18-9-10-20-14-16-21(17-15-20)25(30)27(5-2)6-3/h8,11-12,14-17,19H,4-7,13,18H2,1-3H3. The fourth-order valence-electron chi connectivity index (χ4n) is 3.04. The Morgan fingerprint density at radius 1 is 1.00 bits per heavy atom. The molecular weight excluding hydrogens is 379 g/mol. The van der Waals surface area contributed by atoms with Crippen LogP contribution in [0, 0.1) is 17.7 Å². The fraction of sp³-hybridized carbons (Fsp3) is 0.360. The second-order valence-corrected chi connectivity index (χ2v) is 6.92. The zero-order valence-corrected chi connectivity index (χ0v) is 18.0. The SMILES string of the molecule is CCCCC(=O)N(CC#Cc1ccc(C(=O)N(CC)CC)cc1)c1cccc(F)c1. The number of hydrogen-bond donors (Lipinski definition) is 0. The normalized spacial score (nSPS) is 10.1. The van der Waals surface area contributed by atoms with Crippen molar-refractivity contribution in [3.05, 3.63) is 65.5 Å². The van der Waals surface area contributed by atoms with E-state index < -0.39 is 0 Å². The third kappa shape index (κ3) is 6.45. The van der Waals surface area contributed by atoms with Crippen LogP contribution in [0.15, 0.2) is 48.5 Å². The molecule has 0 saturated carbocycles. The predicted octanol–water partition coefficient (Wildman–Crippen LogP) is 4.88. The van der Waals surface area contributed by atoms with Gasteiger partial charge in [-0.1, -0.05) is 31.3 Å². The van der Waals surface area contributed by atoms with Gasteiger partial charge in [0.15, 0.2) is 0 Å². The van der Waals surface area contributed by atoms with Crippen LogP contribution in [0.25, 0.3) is 0 Å². The van der Waals surface area contributed by atoms with Crippen LogP contribution in [0.3, 0.4) is 0 Å². The molecule has 0 atom stereocenters. The van der Waals surface area contributed by atoms with Gasteiger partial charge in [0.2, 0.25) is 5.91 Å². The maximum Gasteiger partial charge on any atom is 0.253 e. The first-order chi connectivity index (χ1) is 14.5. The van der Waals surface area contributed by atoms with E-state index in [-0.39, 0.29) is 24.2 Å². The van der Waals surface area contributed by atoms with Gasteiger partial charge in [0.1, 0.15) is 5.82 Å². The van der Waals surface area contributed by atoms with E-state index in [1.165, 1.54) is 17.0 Å². The molecule has 0 radical (unpaired) electrons. The summed E-state index contributed by atoms with van der Waals surface area (Å²) in [5.74, 6) is 5.58. The van der Waals surface area contributed by atoms with Gasteiger partial charge in [0.05, 0.1) is 6.54 Å². The molecule has 0 saturated heterocycles. The molecule has 30 heavy (non-hydrogen) atoms. The van der Waals surface area contributed by atoms with Crippen LogP contribution in [0.5, 0.6) is 0 Å². The molecule has 5 heteroatoms. The van der Waals surface area contributed by atoms with Crippen LogP contribution < -0.4 is 4.90 Å². The van der Waals surface area contributed by atoms with Gasteiger partial charge in [-0.3, -0.25) is 9.59 Å². The molecule has 0 fully saturated rings. The van der Waals surface area contributed by atoms with Crippen LogP contribution in [-0.4, -0.2) is 36.3 Å². The predicted molar refractivity (Wildman–Crippen MR) is 119 cm³/mol. The minimum Gasteiger partial charge on any atom is -0.339 e. The van der Waals surface area contributed by atoms with Crippen LogP contribution in [-0.2, 0) is 4.79 Å². The molecule has 0 spiro atoms. The summed E-state index contributed by atoms with van der Waals surface area (Å²) >= 11 is 0. The van der Waals surface area contributed by atoms with Gasteiger partial charge in [0.25, 0.3) is 5.91 Å². The molecule has 0 N–H and O–H groups in total. The topological polar surface area (TPSA) is 40.6 Å². The molecule has 0 bridgehead atoms. The van der Waals surface area contributed by atoms with Gasteiger partial charge < -0.3 is 9.80 Å². The van der Waals surface area contributed by atoms with E-state index in [0.29, 0.717) is 30.8 Å². The van der Waals surface area contributed by atoms with Gasteiger partial charge in [-0.25, -0.2) is 4.39 Å². The van der Waals surface area contributed by atoms with Gasteiger partial charge in [-0.05, 0) is 62.7 Å². The van der Waals surface area contributed by atoms with Crippen LogP contribution >= 0.6 is 0 Å². The second-order valence-electron chi connectivity index (χ2n) is 6.92. The average Bonchev–Trinajstić information content (AvgIpc) is 2.76. The van der Waals surface area contributed by atoms with E-state index in [0.717, 1.165) is 18.4 Å². The second kappa shape index (κ2) is 11.8. The fourth-order valence-corrected chi connectivity index (χ4v) is 3.04. The third-order valence-electron chi connectivity index (χ3n) is 4.82. The molecule has 0 aliphatic carbocycles. The van der Waals surface area contributed by atoms with Crippen LogP contribution in [0.1, 0.15) is 56.0 Å². The molecular formula is C25H29FN2O2. The summed E-state index contributed by atoms with van der Waals surface area (Å²) in [5.41, 5.74) is 1.89. The van der Waals surface area contributed by atoms with E-state index in [4.69, 9.17) is 0 Å². The number of amides is 2. The lowest BCUT2D eigenvalue weighted by molar-refractivity contribution is -0.118. The highest BCUT2D eigenvalue weighted by atomic mass is 19.1. The summed E-state index contributed by atoms with van der Waals surface area (Å²) in [5, 5.41) is 0. The lowest BCUT2D eigenvalue weighted by atomic mass is 10.1. The van der Waals surface area contributed by atoms with Crippen molar-refractivity contribution in [3.63, 3.8) is 0 Å². The Hall–Kier alpha value is -3.13. The zero-order valence-electron chi connectivity index (χ0n) is 18.0. The lowest BCUT2D eigenvalue weighted by Crippen LogP contribution is -2.31. The van der Waals surface area contributed by atoms with Crippen molar-refractivity contribution in [1.82, 2.24) is 4.90 Å². The van der Waals surface area contributed by atoms with Gasteiger partial charge in [-0.15, -0.1) is 0 Å². The van der Waals surface area contributed by atoms with Crippen LogP contribution in [0.4, 0.5) is 10.1 Å². The highest BCUT2D eigenvalue weighted by Crippen LogP contribution is 2.17. The number of carbonyl (C=O) groups is 2. The lowest BCUT2D eigenvalue weighted by Gasteiger charge is -2.20. The van der Waals surface area contributed by atoms with Gasteiger partial charge in [0, 0.05) is 36.3 Å². The van der Waals surface area contributed by atoms with Gasteiger partial charge >= 0.3 is 0 Å². The van der Waals surface area contributed by atoms with Crippen molar-refractivity contribution in [2.45, 2.75) is 40.0 Å². The summed E-state index contributed by atoms with van der Waals surface area (Å²) in [7, 11) is 0. The van der Waals surface area contributed by atoms with E-state index >= 15 is 0 Å². The molecule has 0 unspecified atom stereocenters. The maximum absolute atomic E-state index is 13.6. The van der Waals surface area contributed by atoms with Crippen molar-refractivity contribution in [2.24, 2.45) is 0 Å². The Kier molecular flexibility index (Phi) is 9.08. The molecule has 2 rings (SSSR count). The number of halogens is 1. The highest BCUT2D eigenvalue weighted by Gasteiger charge is 2.15. The van der Waals surface area contributed by atoms with E-state index in [1.807, 2.05) is 20.8 Å². The largest absolute Gasteiger partial charge is 0.339 e. The number of anilines is 1. The van der Waals surface area contributed by atoms with Crippen molar-refractivity contribution < 1.29 is 14.0 Å². The quantitative estimate of drug-likeness (QED) is 0.584. The summed E-state index contributed by atoms with van der Waals surface area (Å²) in [4.78, 5) is 28.3. The highest BCUT2D eigenvalue weighted by molar-refractivity contribution is 5.94. The average molecular weight is 409 g/mol. The minimum atomic E-state index is -0.387. The van der Waals surface area contributed by atoms with Crippen LogP contribution in [0.2, 0.25) is 0 Å². The third-order valence-corrected chi connectivity index (χ3v) is 4.82. The van der Waals surface area contributed by atoms with E-state index in [2.05, 4.69) is 11.8 Å². The molecule has 2 aromatic carbocycles. The smallest absolute Gasteiger partial charge is 0.253 e. The molecule has 2 aromatic rings. The number of nitrogens with zero attached hydrogens (tertiary/aromatic N) is 2. The maximum atomic E-state index is 13.6. The summed E-state index contributed by atoms with van der Waals surface area (Å²) in [6.07, 6.45) is 2.09. The van der Waals surface area contributed by atoms with E-state index in [9.17, 15) is 14.0 Å². The van der Waals surface area contributed by atoms with Crippen molar-refractivity contribution in [2.75, 3.05) is 24.5 Å².